The molecule has 0 saturated heterocycles. The summed E-state index contributed by atoms with van der Waals surface area (Å²) in [4.78, 5) is 4.60. The number of methoxy groups -OCH3 is 1. The number of aromatic nitrogens is 1. The van der Waals surface area contributed by atoms with Crippen LogP contribution in [-0.4, -0.2) is 52.8 Å². The third-order valence-electron chi connectivity index (χ3n) is 5.56. The van der Waals surface area contributed by atoms with Crippen molar-refractivity contribution < 1.29 is 4.74 Å². The highest BCUT2D eigenvalue weighted by Crippen LogP contribution is 2.34. The molecule has 3 aliphatic rings. The van der Waals surface area contributed by atoms with Crippen molar-refractivity contribution in [2.45, 2.75) is 46.7 Å². The molecule has 1 aromatic rings. The lowest BCUT2D eigenvalue weighted by Crippen LogP contribution is -2.34. The summed E-state index contributed by atoms with van der Waals surface area (Å²) >= 11 is 1.48. The minimum atomic E-state index is 0.249. The number of nitrogens with two attached hydrogens (primary N) is 1. The molecule has 0 saturated carbocycles. The number of hydrogen-bond acceptors (Lipinski definition) is 9. The number of pyridine rings is 1. The predicted octanol–water partition coefficient (Wildman–Crippen LogP) is 2.57. The van der Waals surface area contributed by atoms with E-state index in [-0.39, 0.29) is 6.04 Å². The monoisotopic (exact) mass is 427 g/mol. The summed E-state index contributed by atoms with van der Waals surface area (Å²) in [6, 6.07) is 0.249. The van der Waals surface area contributed by atoms with Gasteiger partial charge in [0.25, 0.3) is 0 Å². The van der Waals surface area contributed by atoms with Crippen LogP contribution >= 0.6 is 11.9 Å². The van der Waals surface area contributed by atoms with Gasteiger partial charge in [0.2, 0.25) is 0 Å². The first-order chi connectivity index (χ1) is 14.4. The van der Waals surface area contributed by atoms with Crippen LogP contribution in [0.2, 0.25) is 0 Å². The molecule has 1 aromatic heterocycles. The molecule has 1 atom stereocenters. The first-order valence-corrected chi connectivity index (χ1v) is 11.2. The highest BCUT2D eigenvalue weighted by molar-refractivity contribution is 7.98. The maximum Gasteiger partial charge on any atom is 0.160 e. The molecule has 0 radical (unpaired) electrons. The van der Waals surface area contributed by atoms with Crippen LogP contribution in [0, 0.1) is 19.8 Å². The Kier molecular flexibility index (Phi) is 5.84. The van der Waals surface area contributed by atoms with Crippen LogP contribution in [0.3, 0.4) is 0 Å². The SMILES string of the molecule is COc1c(C)cnc(CN2N=C3CC(NCC(C)C)C4=C3C(=N2)C(N)=NSC4)c1C. The van der Waals surface area contributed by atoms with Crippen LogP contribution in [-0.2, 0) is 6.54 Å². The molecule has 1 unspecified atom stereocenters. The second-order valence-electron chi connectivity index (χ2n) is 8.28. The number of amidine groups is 1. The second kappa shape index (κ2) is 8.39. The van der Waals surface area contributed by atoms with Gasteiger partial charge < -0.3 is 15.8 Å². The molecule has 9 heteroatoms. The largest absolute Gasteiger partial charge is 0.496 e. The van der Waals surface area contributed by atoms with Gasteiger partial charge in [-0.2, -0.15) is 19.7 Å². The lowest BCUT2D eigenvalue weighted by atomic mass is 10.0. The summed E-state index contributed by atoms with van der Waals surface area (Å²) < 4.78 is 9.99. The number of nitrogens with one attached hydrogen (secondary N) is 1. The molecular weight excluding hydrogens is 398 g/mol. The van der Waals surface area contributed by atoms with Crippen molar-refractivity contribution in [3.63, 3.8) is 0 Å². The van der Waals surface area contributed by atoms with Gasteiger partial charge in [0.15, 0.2) is 5.84 Å². The maximum atomic E-state index is 6.29. The fourth-order valence-electron chi connectivity index (χ4n) is 4.06. The van der Waals surface area contributed by atoms with Crippen LogP contribution in [0.15, 0.2) is 31.9 Å². The van der Waals surface area contributed by atoms with Crippen molar-refractivity contribution in [1.29, 1.82) is 0 Å². The van der Waals surface area contributed by atoms with E-state index in [1.165, 1.54) is 17.5 Å². The molecule has 4 rings (SSSR count). The standard InChI is InChI=1S/C21H29N7OS/c1-11(2)7-23-15-6-16-18-14(15)10-30-27-21(22)19(18)26-28(25-16)9-17-13(4)20(29-5)12(3)8-24-17/h8,11,15,23H,6-7,9-10H2,1-5H3,(H2,22,27). The molecular formula is C21H29N7OS. The molecule has 0 amide bonds. The summed E-state index contributed by atoms with van der Waals surface area (Å²) in [7, 11) is 1.68. The Hall–Kier alpha value is -2.39. The quantitative estimate of drug-likeness (QED) is 0.677. The Morgan fingerprint density at radius 3 is 2.87 bits per heavy atom. The van der Waals surface area contributed by atoms with Crippen LogP contribution < -0.4 is 15.8 Å². The average Bonchev–Trinajstić information content (AvgIpc) is 2.96. The molecule has 30 heavy (non-hydrogen) atoms. The lowest BCUT2D eigenvalue weighted by molar-refractivity contribution is 0.288. The molecule has 8 nitrogen and oxygen atoms in total. The Labute approximate surface area is 181 Å². The van der Waals surface area contributed by atoms with Crippen molar-refractivity contribution in [3.05, 3.63) is 34.2 Å². The first-order valence-electron chi connectivity index (χ1n) is 10.2. The molecule has 160 valence electrons. The van der Waals surface area contributed by atoms with Gasteiger partial charge in [0.05, 0.1) is 18.5 Å². The summed E-state index contributed by atoms with van der Waals surface area (Å²) in [5, 5.41) is 15.0. The molecule has 2 aliphatic heterocycles. The molecule has 3 N–H and O–H groups in total. The number of ether oxygens (including phenoxy) is 1. The fourth-order valence-corrected chi connectivity index (χ4v) is 4.83. The second-order valence-corrected chi connectivity index (χ2v) is 9.01. The van der Waals surface area contributed by atoms with Gasteiger partial charge in [0, 0.05) is 41.1 Å². The topological polar surface area (TPSA) is 100 Å². The van der Waals surface area contributed by atoms with Crippen LogP contribution in [0.25, 0.3) is 0 Å². The lowest BCUT2D eigenvalue weighted by Gasteiger charge is -2.23. The van der Waals surface area contributed by atoms with E-state index in [0.717, 1.165) is 58.3 Å². The smallest absolute Gasteiger partial charge is 0.160 e. The molecule has 0 spiro atoms. The van der Waals surface area contributed by atoms with Crippen molar-refractivity contribution in [2.24, 2.45) is 26.3 Å². The highest BCUT2D eigenvalue weighted by Gasteiger charge is 2.38. The predicted molar refractivity (Wildman–Crippen MR) is 123 cm³/mol. The van der Waals surface area contributed by atoms with Crippen LogP contribution in [0.1, 0.15) is 37.1 Å². The number of rotatable bonds is 6. The van der Waals surface area contributed by atoms with E-state index in [0.29, 0.717) is 18.3 Å². The van der Waals surface area contributed by atoms with E-state index >= 15 is 0 Å². The summed E-state index contributed by atoms with van der Waals surface area (Å²) in [6.45, 7) is 9.84. The van der Waals surface area contributed by atoms with Crippen molar-refractivity contribution >= 4 is 29.2 Å². The van der Waals surface area contributed by atoms with Crippen molar-refractivity contribution in [2.75, 3.05) is 19.4 Å². The third-order valence-corrected chi connectivity index (χ3v) is 6.32. The Morgan fingerprint density at radius 2 is 2.13 bits per heavy atom. The number of aryl methyl sites for hydroxylation is 1. The van der Waals surface area contributed by atoms with Crippen LogP contribution in [0.4, 0.5) is 0 Å². The molecule has 3 heterocycles. The minimum absolute atomic E-state index is 0.249. The Balaban J connectivity index is 1.67. The molecule has 0 fully saturated rings. The van der Waals surface area contributed by atoms with Crippen molar-refractivity contribution in [1.82, 2.24) is 15.4 Å². The number of hydrazone groups is 2. The Bertz CT molecular complexity index is 980. The van der Waals surface area contributed by atoms with E-state index < -0.39 is 0 Å². The maximum absolute atomic E-state index is 6.29. The molecule has 0 bridgehead atoms. The van der Waals surface area contributed by atoms with Gasteiger partial charge in [0.1, 0.15) is 18.0 Å². The van der Waals surface area contributed by atoms with E-state index in [1.54, 1.807) is 12.2 Å². The van der Waals surface area contributed by atoms with Gasteiger partial charge in [-0.3, -0.25) is 4.98 Å². The fraction of sp³-hybridized carbons (Fsp3) is 0.524. The molecule has 0 aromatic carbocycles. The summed E-state index contributed by atoms with van der Waals surface area (Å²) in [6.07, 6.45) is 2.67. The highest BCUT2D eigenvalue weighted by atomic mass is 32.2. The zero-order valence-electron chi connectivity index (χ0n) is 18.2. The Morgan fingerprint density at radius 1 is 1.33 bits per heavy atom. The van der Waals surface area contributed by atoms with Gasteiger partial charge in [-0.25, -0.2) is 0 Å². The van der Waals surface area contributed by atoms with Crippen LogP contribution in [0.5, 0.6) is 5.75 Å². The number of hydrogen-bond donors (Lipinski definition) is 2. The summed E-state index contributed by atoms with van der Waals surface area (Å²) in [5.74, 6) is 2.69. The molecule has 1 aliphatic carbocycles. The minimum Gasteiger partial charge on any atom is -0.496 e. The number of nitrogens with zero attached hydrogens (tertiary/aromatic N) is 5. The van der Waals surface area contributed by atoms with E-state index in [4.69, 9.17) is 20.7 Å². The van der Waals surface area contributed by atoms with E-state index in [2.05, 4.69) is 28.5 Å². The van der Waals surface area contributed by atoms with Gasteiger partial charge in [-0.05, 0) is 43.8 Å². The van der Waals surface area contributed by atoms with E-state index in [1.807, 2.05) is 20.0 Å². The van der Waals surface area contributed by atoms with Gasteiger partial charge >= 0.3 is 0 Å². The third kappa shape index (κ3) is 3.83. The van der Waals surface area contributed by atoms with Gasteiger partial charge in [-0.15, -0.1) is 0 Å². The summed E-state index contributed by atoms with van der Waals surface area (Å²) in [5.41, 5.74) is 13.3. The zero-order valence-corrected chi connectivity index (χ0v) is 19.0. The zero-order chi connectivity index (χ0) is 21.4. The normalized spacial score (nSPS) is 20.7. The average molecular weight is 428 g/mol. The van der Waals surface area contributed by atoms with Crippen molar-refractivity contribution in [3.8, 4) is 5.75 Å². The van der Waals surface area contributed by atoms with E-state index in [9.17, 15) is 0 Å². The van der Waals surface area contributed by atoms with Gasteiger partial charge in [-0.1, -0.05) is 13.8 Å². The first kappa shape index (κ1) is 20.9.